The van der Waals surface area contributed by atoms with E-state index in [1.165, 1.54) is 12.2 Å². The lowest BCUT2D eigenvalue weighted by atomic mass is 9.90. The Labute approximate surface area is 204 Å². The summed E-state index contributed by atoms with van der Waals surface area (Å²) in [4.78, 5) is 7.50. The quantitative estimate of drug-likeness (QED) is 0.358. The van der Waals surface area contributed by atoms with Crippen LogP contribution in [0.5, 0.6) is 0 Å². The zero-order chi connectivity index (χ0) is 24.6. The second kappa shape index (κ2) is 9.36. The van der Waals surface area contributed by atoms with E-state index in [0.717, 1.165) is 43.1 Å². The molecule has 1 unspecified atom stereocenters. The molecule has 1 aliphatic heterocycles. The molecule has 2 N–H and O–H groups in total. The van der Waals surface area contributed by atoms with Crippen LogP contribution in [-0.4, -0.2) is 44.4 Å². The van der Waals surface area contributed by atoms with Crippen molar-refractivity contribution in [1.82, 2.24) is 25.1 Å². The molecule has 0 radical (unpaired) electrons. The van der Waals surface area contributed by atoms with Gasteiger partial charge in [0.15, 0.2) is 0 Å². The first-order valence-electron chi connectivity index (χ1n) is 11.3. The summed E-state index contributed by atoms with van der Waals surface area (Å²) in [6, 6.07) is 4.17. The Morgan fingerprint density at radius 3 is 2.77 bits per heavy atom. The number of nitrogens with one attached hydrogen (secondary N) is 2. The molecular weight excluding hydrogens is 477 g/mol. The number of hydrogen-bond donors (Lipinski definition) is 2. The minimum absolute atomic E-state index is 0.0595. The highest BCUT2D eigenvalue weighted by Gasteiger charge is 2.38. The van der Waals surface area contributed by atoms with Gasteiger partial charge in [0.2, 0.25) is 0 Å². The number of piperidine rings is 1. The van der Waals surface area contributed by atoms with Crippen molar-refractivity contribution < 1.29 is 13.2 Å². The smallest absolute Gasteiger partial charge is 0.346 e. The minimum Gasteiger partial charge on any atom is -0.346 e. The van der Waals surface area contributed by atoms with E-state index in [1.807, 2.05) is 23.0 Å². The van der Waals surface area contributed by atoms with Crippen LogP contribution in [0.2, 0.25) is 0 Å². The molecule has 0 aromatic carbocycles. The highest BCUT2D eigenvalue weighted by atomic mass is 35.5. The second-order valence-corrected chi connectivity index (χ2v) is 9.23. The molecule has 1 atom stereocenters. The fraction of sp³-hybridized carbons (Fsp3) is 0.320. The maximum Gasteiger partial charge on any atom is 0.416 e. The molecule has 35 heavy (non-hydrogen) atoms. The van der Waals surface area contributed by atoms with Gasteiger partial charge in [-0.1, -0.05) is 12.2 Å². The van der Waals surface area contributed by atoms with Crippen molar-refractivity contribution in [2.45, 2.75) is 36.9 Å². The number of fused-ring (bicyclic) bond motifs is 1. The molecular formula is C25H22ClF3N6. The maximum absolute atomic E-state index is 13.6. The Morgan fingerprint density at radius 1 is 1.23 bits per heavy atom. The molecule has 0 bridgehead atoms. The fourth-order valence-corrected chi connectivity index (χ4v) is 4.78. The van der Waals surface area contributed by atoms with Gasteiger partial charge in [-0.3, -0.25) is 4.68 Å². The molecule has 1 aliphatic carbocycles. The molecule has 1 saturated heterocycles. The van der Waals surface area contributed by atoms with Crippen LogP contribution < -0.4 is 5.32 Å². The minimum atomic E-state index is -4.58. The number of aromatic amines is 1. The van der Waals surface area contributed by atoms with Gasteiger partial charge in [-0.15, -0.1) is 11.6 Å². The van der Waals surface area contributed by atoms with E-state index in [0.29, 0.717) is 22.6 Å². The van der Waals surface area contributed by atoms with Crippen molar-refractivity contribution in [2.24, 2.45) is 0 Å². The van der Waals surface area contributed by atoms with Gasteiger partial charge in [-0.25, -0.2) is 4.98 Å². The van der Waals surface area contributed by atoms with Crippen molar-refractivity contribution in [2.75, 3.05) is 13.1 Å². The van der Waals surface area contributed by atoms with Gasteiger partial charge >= 0.3 is 6.18 Å². The number of allylic oxidation sites excluding steroid dienone is 5. The van der Waals surface area contributed by atoms with E-state index in [1.54, 1.807) is 18.6 Å². The highest BCUT2D eigenvalue weighted by molar-refractivity contribution is 6.22. The van der Waals surface area contributed by atoms with E-state index in [-0.39, 0.29) is 17.6 Å². The van der Waals surface area contributed by atoms with E-state index in [2.05, 4.69) is 20.4 Å². The lowest BCUT2D eigenvalue weighted by molar-refractivity contribution is -0.0895. The van der Waals surface area contributed by atoms with Gasteiger partial charge in [0.25, 0.3) is 0 Å². The normalized spacial score (nSPS) is 20.0. The number of alkyl halides is 4. The first-order valence-corrected chi connectivity index (χ1v) is 11.8. The zero-order valence-corrected chi connectivity index (χ0v) is 19.4. The van der Waals surface area contributed by atoms with E-state index in [9.17, 15) is 18.4 Å². The topological polar surface area (TPSA) is 82.3 Å². The molecule has 10 heteroatoms. The molecule has 4 heterocycles. The summed E-state index contributed by atoms with van der Waals surface area (Å²) in [5, 5.41) is 17.7. The van der Waals surface area contributed by atoms with Crippen molar-refractivity contribution in [3.63, 3.8) is 0 Å². The average molecular weight is 499 g/mol. The summed E-state index contributed by atoms with van der Waals surface area (Å²) in [6.07, 6.45) is 8.45. The summed E-state index contributed by atoms with van der Waals surface area (Å²) in [5.74, 6) is 0. The zero-order valence-electron chi connectivity index (χ0n) is 18.6. The summed E-state index contributed by atoms with van der Waals surface area (Å²) < 4.78 is 42.8. The molecule has 0 saturated carbocycles. The van der Waals surface area contributed by atoms with Crippen LogP contribution in [-0.2, 0) is 0 Å². The predicted molar refractivity (Wildman–Crippen MR) is 129 cm³/mol. The maximum atomic E-state index is 13.6. The standard InChI is InChI=1S/C25H22ClF3N6/c26-19-1-2-23(25(27,28)29)21(9-19)15(10-30)7-17-12-33-24-22(17)8-16(11-32-24)18-13-34-35(14-18)20-3-5-31-6-4-20/h2,7-9,11-14,19-20,31H,1,3-6H2,(H,32,33)/b15-7+. The SMILES string of the molecule is N#C/C(=C\c1c[nH]c2ncc(-c3cnn(C4CCNCC4)c3)cc12)C1=CC(Cl)CC=C1C(F)(F)F. The molecule has 3 aromatic heterocycles. The molecule has 180 valence electrons. The first-order chi connectivity index (χ1) is 16.8. The number of nitriles is 1. The predicted octanol–water partition coefficient (Wildman–Crippen LogP) is 5.68. The first kappa shape index (κ1) is 23.4. The number of rotatable bonds is 4. The van der Waals surface area contributed by atoms with E-state index >= 15 is 0 Å². The van der Waals surface area contributed by atoms with E-state index < -0.39 is 17.1 Å². The van der Waals surface area contributed by atoms with Gasteiger partial charge < -0.3 is 10.3 Å². The lowest BCUT2D eigenvalue weighted by Crippen LogP contribution is -2.29. The molecule has 6 nitrogen and oxygen atoms in total. The largest absolute Gasteiger partial charge is 0.416 e. The Balaban J connectivity index is 1.51. The van der Waals surface area contributed by atoms with Crippen molar-refractivity contribution in [1.29, 1.82) is 5.26 Å². The van der Waals surface area contributed by atoms with Crippen molar-refractivity contribution in [3.8, 4) is 17.2 Å². The molecule has 5 rings (SSSR count). The summed E-state index contributed by atoms with van der Waals surface area (Å²) in [5.41, 5.74) is 1.72. The molecule has 2 aliphatic rings. The fourth-order valence-electron chi connectivity index (χ4n) is 4.57. The van der Waals surface area contributed by atoms with Crippen LogP contribution in [0.1, 0.15) is 30.9 Å². The van der Waals surface area contributed by atoms with Crippen molar-refractivity contribution in [3.05, 3.63) is 65.3 Å². The third kappa shape index (κ3) is 4.77. The molecule has 0 spiro atoms. The second-order valence-electron chi connectivity index (χ2n) is 8.67. The molecule has 0 amide bonds. The third-order valence-electron chi connectivity index (χ3n) is 6.38. The lowest BCUT2D eigenvalue weighted by Gasteiger charge is -2.22. The number of pyridine rings is 1. The van der Waals surface area contributed by atoms with Crippen LogP contribution >= 0.6 is 11.6 Å². The van der Waals surface area contributed by atoms with Crippen molar-refractivity contribution >= 4 is 28.7 Å². The Bertz CT molecular complexity index is 1380. The molecule has 3 aromatic rings. The number of nitrogens with zero attached hydrogens (tertiary/aromatic N) is 4. The van der Waals surface area contributed by atoms with E-state index in [4.69, 9.17) is 11.6 Å². The number of H-pyrrole nitrogens is 1. The number of aromatic nitrogens is 4. The van der Waals surface area contributed by atoms with Gasteiger partial charge in [0, 0.05) is 46.2 Å². The Hall–Kier alpha value is -3.35. The monoisotopic (exact) mass is 498 g/mol. The van der Waals surface area contributed by atoms with Gasteiger partial charge in [-0.05, 0) is 44.5 Å². The summed E-state index contributed by atoms with van der Waals surface area (Å²) in [7, 11) is 0. The average Bonchev–Trinajstić information content (AvgIpc) is 3.49. The number of halogens is 4. The third-order valence-corrected chi connectivity index (χ3v) is 6.69. The highest BCUT2D eigenvalue weighted by Crippen LogP contribution is 2.39. The van der Waals surface area contributed by atoms with Crippen LogP contribution in [0.3, 0.4) is 0 Å². The van der Waals surface area contributed by atoms with Crippen LogP contribution in [0.25, 0.3) is 28.2 Å². The Kier molecular flexibility index (Phi) is 6.26. The van der Waals surface area contributed by atoms with Gasteiger partial charge in [0.05, 0.1) is 34.8 Å². The van der Waals surface area contributed by atoms with Gasteiger partial charge in [-0.2, -0.15) is 23.5 Å². The van der Waals surface area contributed by atoms with Crippen LogP contribution in [0.4, 0.5) is 13.2 Å². The molecule has 1 fully saturated rings. The Morgan fingerprint density at radius 2 is 2.03 bits per heavy atom. The van der Waals surface area contributed by atoms with Crippen LogP contribution in [0, 0.1) is 11.3 Å². The van der Waals surface area contributed by atoms with Crippen LogP contribution in [0.15, 0.2) is 59.7 Å². The summed E-state index contributed by atoms with van der Waals surface area (Å²) in [6.45, 7) is 1.92. The van der Waals surface area contributed by atoms with Gasteiger partial charge in [0.1, 0.15) is 5.65 Å². The summed E-state index contributed by atoms with van der Waals surface area (Å²) >= 11 is 6.10. The number of hydrogen-bond acceptors (Lipinski definition) is 4.